The maximum Gasteiger partial charge on any atom is 0.573 e. The molecule has 0 aliphatic carbocycles. The Morgan fingerprint density at radius 2 is 1.75 bits per heavy atom. The molecule has 0 radical (unpaired) electrons. The van der Waals surface area contributed by atoms with E-state index in [1.165, 1.54) is 24.3 Å². The second-order valence-electron chi connectivity index (χ2n) is 7.53. The number of carbonyl (C=O) groups excluding carboxylic acids is 1. The van der Waals surface area contributed by atoms with Gasteiger partial charge < -0.3 is 4.74 Å². The Morgan fingerprint density at radius 3 is 2.41 bits per heavy atom. The van der Waals surface area contributed by atoms with Gasteiger partial charge in [-0.15, -0.1) is 13.2 Å². The van der Waals surface area contributed by atoms with Crippen LogP contribution in [0.25, 0.3) is 16.6 Å². The quantitative estimate of drug-likeness (QED) is 0.360. The summed E-state index contributed by atoms with van der Waals surface area (Å²) in [5.74, 6) is -0.267. The number of alkyl halides is 3. The molecule has 3 aromatic heterocycles. The lowest BCUT2D eigenvalue weighted by Crippen LogP contribution is -2.16. The molecule has 0 atom stereocenters. The summed E-state index contributed by atoms with van der Waals surface area (Å²) in [4.78, 5) is 17.3. The third-order valence-electron chi connectivity index (χ3n) is 5.10. The average Bonchev–Trinajstić information content (AvgIpc) is 3.07. The monoisotopic (exact) mass is 439 g/mol. The van der Waals surface area contributed by atoms with Gasteiger partial charge in [-0.2, -0.15) is 5.10 Å². The maximum atomic E-state index is 12.9. The van der Waals surface area contributed by atoms with Gasteiger partial charge in [0.05, 0.1) is 16.8 Å². The van der Waals surface area contributed by atoms with Gasteiger partial charge in [0.25, 0.3) is 0 Å². The highest BCUT2D eigenvalue weighted by molar-refractivity contribution is 6.03. The highest BCUT2D eigenvalue weighted by atomic mass is 19.4. The second kappa shape index (κ2) is 8.45. The van der Waals surface area contributed by atoms with Gasteiger partial charge in [0.2, 0.25) is 0 Å². The normalized spacial score (nSPS) is 11.7. The van der Waals surface area contributed by atoms with Crippen LogP contribution in [-0.2, 0) is 6.42 Å². The van der Waals surface area contributed by atoms with Crippen molar-refractivity contribution < 1.29 is 22.7 Å². The van der Waals surface area contributed by atoms with Gasteiger partial charge in [0.1, 0.15) is 5.75 Å². The zero-order valence-electron chi connectivity index (χ0n) is 17.5. The Morgan fingerprint density at radius 1 is 1.03 bits per heavy atom. The number of Topliss-reactive ketones (excluding diaryl/α,β-unsaturated/α-hetero) is 1. The van der Waals surface area contributed by atoms with Crippen LogP contribution in [0.1, 0.15) is 33.7 Å². The molecule has 4 aromatic rings. The van der Waals surface area contributed by atoms with Gasteiger partial charge >= 0.3 is 6.36 Å². The molecule has 0 aliphatic rings. The number of ether oxygens (including phenoxy) is 1. The number of carbonyl (C=O) groups is 1. The fraction of sp³-hybridized carbons (Fsp3) is 0.208. The number of fused-ring (bicyclic) bond motifs is 1. The van der Waals surface area contributed by atoms with Gasteiger partial charge in [0.15, 0.2) is 5.78 Å². The Kier molecular flexibility index (Phi) is 5.69. The average molecular weight is 439 g/mol. The predicted octanol–water partition coefficient (Wildman–Crippen LogP) is 5.73. The molecule has 0 amide bonds. The van der Waals surface area contributed by atoms with E-state index in [-0.39, 0.29) is 11.5 Å². The summed E-state index contributed by atoms with van der Waals surface area (Å²) >= 11 is 0. The molecule has 0 saturated heterocycles. The van der Waals surface area contributed by atoms with Gasteiger partial charge in [-0.3, -0.25) is 9.78 Å². The molecule has 8 heteroatoms. The first-order valence-electron chi connectivity index (χ1n) is 9.99. The molecule has 3 heterocycles. The Balaban J connectivity index is 1.43. The molecular weight excluding hydrogens is 419 g/mol. The topological polar surface area (TPSA) is 56.5 Å². The fourth-order valence-electron chi connectivity index (χ4n) is 3.57. The van der Waals surface area contributed by atoms with E-state index >= 15 is 0 Å². The minimum absolute atomic E-state index is 0.00855. The predicted molar refractivity (Wildman–Crippen MR) is 114 cm³/mol. The van der Waals surface area contributed by atoms with Crippen molar-refractivity contribution in [1.82, 2.24) is 14.6 Å². The lowest BCUT2D eigenvalue weighted by Gasteiger charge is -2.09. The molecule has 164 valence electrons. The first kappa shape index (κ1) is 21.5. The summed E-state index contributed by atoms with van der Waals surface area (Å²) in [5.41, 5.74) is 5.41. The smallest absolute Gasteiger partial charge is 0.406 e. The number of aromatic nitrogens is 3. The van der Waals surface area contributed by atoms with Crippen molar-refractivity contribution >= 4 is 11.3 Å². The number of hydrogen-bond donors (Lipinski definition) is 0. The minimum Gasteiger partial charge on any atom is -0.406 e. The van der Waals surface area contributed by atoms with E-state index in [0.29, 0.717) is 29.7 Å². The summed E-state index contributed by atoms with van der Waals surface area (Å²) < 4.78 is 42.5. The van der Waals surface area contributed by atoms with E-state index < -0.39 is 6.36 Å². The van der Waals surface area contributed by atoms with Crippen molar-refractivity contribution in [1.29, 1.82) is 0 Å². The van der Waals surface area contributed by atoms with Crippen molar-refractivity contribution in [3.63, 3.8) is 0 Å². The number of nitrogens with zero attached hydrogens (tertiary/aromatic N) is 3. The van der Waals surface area contributed by atoms with Crippen LogP contribution < -0.4 is 4.74 Å². The van der Waals surface area contributed by atoms with E-state index in [1.54, 1.807) is 10.7 Å². The van der Waals surface area contributed by atoms with Crippen molar-refractivity contribution in [2.24, 2.45) is 0 Å². The molecule has 0 aliphatic heterocycles. The van der Waals surface area contributed by atoms with Crippen LogP contribution in [0, 0.1) is 13.8 Å². The van der Waals surface area contributed by atoms with Gasteiger partial charge in [0, 0.05) is 30.1 Å². The molecule has 0 bridgehead atoms. The summed E-state index contributed by atoms with van der Waals surface area (Å²) in [6.45, 7) is 3.80. The maximum absolute atomic E-state index is 12.9. The molecule has 0 saturated carbocycles. The van der Waals surface area contributed by atoms with Gasteiger partial charge in [-0.05, 0) is 61.7 Å². The van der Waals surface area contributed by atoms with E-state index in [2.05, 4.69) is 14.8 Å². The third-order valence-corrected chi connectivity index (χ3v) is 5.10. The number of rotatable bonds is 6. The molecule has 0 spiro atoms. The highest BCUT2D eigenvalue weighted by Crippen LogP contribution is 2.26. The number of ketones is 1. The van der Waals surface area contributed by atoms with Gasteiger partial charge in [-0.1, -0.05) is 18.2 Å². The van der Waals surface area contributed by atoms with Crippen LogP contribution in [0.2, 0.25) is 0 Å². The van der Waals surface area contributed by atoms with E-state index in [9.17, 15) is 18.0 Å². The Labute approximate surface area is 182 Å². The first-order chi connectivity index (χ1) is 15.2. The van der Waals surface area contributed by atoms with Crippen LogP contribution in [0.3, 0.4) is 0 Å². The molecular formula is C24H20F3N3O2. The summed E-state index contributed by atoms with van der Waals surface area (Å²) in [6.07, 6.45) is -0.463. The number of hydrogen-bond acceptors (Lipinski definition) is 4. The van der Waals surface area contributed by atoms with E-state index in [0.717, 1.165) is 22.3 Å². The van der Waals surface area contributed by atoms with Crippen molar-refractivity contribution in [3.8, 4) is 16.9 Å². The Hall–Kier alpha value is -3.68. The number of benzene rings is 1. The lowest BCUT2D eigenvalue weighted by atomic mass is 10.0. The zero-order chi connectivity index (χ0) is 22.9. The van der Waals surface area contributed by atoms with Crippen LogP contribution in [0.4, 0.5) is 13.2 Å². The highest BCUT2D eigenvalue weighted by Gasteiger charge is 2.31. The third kappa shape index (κ3) is 4.80. The Bertz CT molecular complexity index is 1260. The molecule has 4 rings (SSSR count). The zero-order valence-corrected chi connectivity index (χ0v) is 17.5. The van der Waals surface area contributed by atoms with Crippen LogP contribution >= 0.6 is 0 Å². The molecule has 0 N–H and O–H groups in total. The van der Waals surface area contributed by atoms with Crippen LogP contribution in [-0.4, -0.2) is 26.7 Å². The number of pyridine rings is 2. The molecule has 32 heavy (non-hydrogen) atoms. The SMILES string of the molecule is Cc1ccn2nc(C)c(C(=O)CCc3ccc(-c4ccc(OC(F)(F)F)cc4)cn3)c2c1. The summed E-state index contributed by atoms with van der Waals surface area (Å²) in [6, 6.07) is 13.1. The minimum atomic E-state index is -4.72. The van der Waals surface area contributed by atoms with Gasteiger partial charge in [-0.25, -0.2) is 4.52 Å². The van der Waals surface area contributed by atoms with E-state index in [4.69, 9.17) is 0 Å². The molecule has 1 aromatic carbocycles. The lowest BCUT2D eigenvalue weighted by molar-refractivity contribution is -0.274. The van der Waals surface area contributed by atoms with Crippen molar-refractivity contribution in [2.75, 3.05) is 0 Å². The first-order valence-corrected chi connectivity index (χ1v) is 9.99. The largest absolute Gasteiger partial charge is 0.573 e. The number of aryl methyl sites for hydroxylation is 3. The van der Waals surface area contributed by atoms with Crippen LogP contribution in [0.15, 0.2) is 60.9 Å². The number of halogens is 3. The van der Waals surface area contributed by atoms with Crippen LogP contribution in [0.5, 0.6) is 5.75 Å². The van der Waals surface area contributed by atoms with Crippen molar-refractivity contribution in [2.45, 2.75) is 33.1 Å². The fourth-order valence-corrected chi connectivity index (χ4v) is 3.57. The molecule has 0 unspecified atom stereocenters. The molecule has 0 fully saturated rings. The summed E-state index contributed by atoms with van der Waals surface area (Å²) in [5, 5.41) is 4.41. The van der Waals surface area contributed by atoms with Crippen molar-refractivity contribution in [3.05, 3.63) is 83.4 Å². The standard InChI is InChI=1S/C24H20F3N3O2/c1-15-11-12-30-21(13-15)23(16(2)29-30)22(31)10-7-19-6-3-18(14-28-19)17-4-8-20(9-5-17)32-24(25,26)27/h3-6,8-9,11-14H,7,10H2,1-2H3. The molecule has 5 nitrogen and oxygen atoms in total. The second-order valence-corrected chi connectivity index (χ2v) is 7.53. The van der Waals surface area contributed by atoms with E-state index in [1.807, 2.05) is 44.3 Å². The summed E-state index contributed by atoms with van der Waals surface area (Å²) in [7, 11) is 0.